The van der Waals surface area contributed by atoms with Crippen molar-refractivity contribution in [3.8, 4) is 0 Å². The summed E-state index contributed by atoms with van der Waals surface area (Å²) in [6, 6.07) is 0. The number of carbonyl (C=O) groups is 1. The number of amides is 1. The molecular formula is C15H25N3O4S. The van der Waals surface area contributed by atoms with Gasteiger partial charge in [-0.05, 0) is 25.7 Å². The number of hydrogen-bond acceptors (Lipinski definition) is 6. The molecule has 7 nitrogen and oxygen atoms in total. The fourth-order valence-corrected chi connectivity index (χ4v) is 4.19. The van der Waals surface area contributed by atoms with Gasteiger partial charge in [0.25, 0.3) is 0 Å². The van der Waals surface area contributed by atoms with Crippen molar-refractivity contribution in [2.45, 2.75) is 46.6 Å². The van der Waals surface area contributed by atoms with Crippen LogP contribution in [-0.2, 0) is 27.6 Å². The van der Waals surface area contributed by atoms with Crippen LogP contribution < -0.4 is 0 Å². The van der Waals surface area contributed by atoms with Gasteiger partial charge in [-0.2, -0.15) is 4.98 Å². The van der Waals surface area contributed by atoms with Crippen LogP contribution in [0.1, 0.15) is 45.3 Å². The lowest BCUT2D eigenvalue weighted by molar-refractivity contribution is -0.136. The molecule has 1 fully saturated rings. The Kier molecular flexibility index (Phi) is 5.78. The monoisotopic (exact) mass is 343 g/mol. The fraction of sp³-hybridized carbons (Fsp3) is 0.800. The summed E-state index contributed by atoms with van der Waals surface area (Å²) in [5, 5.41) is 3.93. The number of aromatic nitrogens is 2. The van der Waals surface area contributed by atoms with E-state index in [9.17, 15) is 13.2 Å². The quantitative estimate of drug-likeness (QED) is 0.776. The Morgan fingerprint density at radius 3 is 2.57 bits per heavy atom. The lowest BCUT2D eigenvalue weighted by Gasteiger charge is -2.27. The van der Waals surface area contributed by atoms with Crippen molar-refractivity contribution in [2.24, 2.45) is 11.8 Å². The molecule has 0 aromatic carbocycles. The average molecular weight is 343 g/mol. The molecule has 0 spiro atoms. The van der Waals surface area contributed by atoms with Gasteiger partial charge in [0, 0.05) is 18.9 Å². The van der Waals surface area contributed by atoms with Crippen LogP contribution in [0.25, 0.3) is 0 Å². The predicted octanol–water partition coefficient (Wildman–Crippen LogP) is 1.44. The van der Waals surface area contributed by atoms with E-state index >= 15 is 0 Å². The molecule has 1 aromatic rings. The van der Waals surface area contributed by atoms with E-state index in [1.165, 1.54) is 0 Å². The Bertz CT molecular complexity index is 625. The minimum atomic E-state index is -2.96. The molecule has 130 valence electrons. The topological polar surface area (TPSA) is 93.4 Å². The Hall–Kier alpha value is -1.44. The first kappa shape index (κ1) is 17.9. The van der Waals surface area contributed by atoms with E-state index in [0.717, 1.165) is 0 Å². The van der Waals surface area contributed by atoms with Crippen LogP contribution in [0.15, 0.2) is 4.52 Å². The van der Waals surface area contributed by atoms with Gasteiger partial charge < -0.3 is 9.42 Å². The van der Waals surface area contributed by atoms with E-state index in [0.29, 0.717) is 50.0 Å². The fourth-order valence-electron chi connectivity index (χ4n) is 2.70. The van der Waals surface area contributed by atoms with Gasteiger partial charge in [0.15, 0.2) is 5.82 Å². The molecule has 0 aliphatic carbocycles. The maximum atomic E-state index is 12.6. The smallest absolute Gasteiger partial charge is 0.226 e. The van der Waals surface area contributed by atoms with Crippen molar-refractivity contribution in [2.75, 3.05) is 18.1 Å². The first-order valence-electron chi connectivity index (χ1n) is 8.11. The molecule has 0 N–H and O–H groups in total. The Balaban J connectivity index is 1.96. The van der Waals surface area contributed by atoms with E-state index in [4.69, 9.17) is 4.52 Å². The summed E-state index contributed by atoms with van der Waals surface area (Å²) in [7, 11) is -2.96. The molecule has 1 aromatic heterocycles. The zero-order valence-corrected chi connectivity index (χ0v) is 14.8. The molecule has 0 unspecified atom stereocenters. The third-order valence-corrected chi connectivity index (χ3v) is 5.74. The van der Waals surface area contributed by atoms with Crippen LogP contribution in [0.4, 0.5) is 0 Å². The van der Waals surface area contributed by atoms with E-state index in [2.05, 4.69) is 24.0 Å². The van der Waals surface area contributed by atoms with E-state index in [1.54, 1.807) is 4.90 Å². The van der Waals surface area contributed by atoms with Crippen molar-refractivity contribution >= 4 is 15.7 Å². The van der Waals surface area contributed by atoms with E-state index < -0.39 is 9.84 Å². The Morgan fingerprint density at radius 2 is 2.00 bits per heavy atom. The Labute approximate surface area is 137 Å². The first-order chi connectivity index (χ1) is 10.8. The van der Waals surface area contributed by atoms with Gasteiger partial charge in [-0.1, -0.05) is 19.0 Å². The summed E-state index contributed by atoms with van der Waals surface area (Å²) in [5.41, 5.74) is 0. The summed E-state index contributed by atoms with van der Waals surface area (Å²) in [6.45, 7) is 6.88. The third kappa shape index (κ3) is 5.02. The van der Waals surface area contributed by atoms with Crippen LogP contribution in [0.5, 0.6) is 0 Å². The molecule has 23 heavy (non-hydrogen) atoms. The molecule has 1 saturated heterocycles. The van der Waals surface area contributed by atoms with Crippen molar-refractivity contribution < 1.29 is 17.7 Å². The summed E-state index contributed by atoms with van der Waals surface area (Å²) < 4.78 is 28.2. The van der Waals surface area contributed by atoms with Crippen LogP contribution in [0, 0.1) is 11.8 Å². The van der Waals surface area contributed by atoms with Crippen molar-refractivity contribution in [3.63, 3.8) is 0 Å². The largest absolute Gasteiger partial charge is 0.339 e. The minimum Gasteiger partial charge on any atom is -0.339 e. The highest BCUT2D eigenvalue weighted by Crippen LogP contribution is 2.22. The van der Waals surface area contributed by atoms with Gasteiger partial charge in [-0.25, -0.2) is 8.42 Å². The minimum absolute atomic E-state index is 0.0161. The number of sulfone groups is 1. The van der Waals surface area contributed by atoms with E-state index in [1.807, 2.05) is 6.92 Å². The zero-order chi connectivity index (χ0) is 17.0. The molecule has 1 aliphatic heterocycles. The second-order valence-electron chi connectivity index (χ2n) is 6.48. The highest BCUT2D eigenvalue weighted by Gasteiger charge is 2.31. The molecule has 8 heteroatoms. The predicted molar refractivity (Wildman–Crippen MR) is 85.3 cm³/mol. The van der Waals surface area contributed by atoms with Gasteiger partial charge in [0.05, 0.1) is 18.1 Å². The highest BCUT2D eigenvalue weighted by atomic mass is 32.2. The Morgan fingerprint density at radius 1 is 1.35 bits per heavy atom. The maximum absolute atomic E-state index is 12.6. The molecule has 2 rings (SSSR count). The highest BCUT2D eigenvalue weighted by molar-refractivity contribution is 7.91. The maximum Gasteiger partial charge on any atom is 0.226 e. The molecule has 2 heterocycles. The van der Waals surface area contributed by atoms with Crippen molar-refractivity contribution in [1.29, 1.82) is 0 Å². The lowest BCUT2D eigenvalue weighted by atomic mass is 10.0. The van der Waals surface area contributed by atoms with Crippen molar-refractivity contribution in [3.05, 3.63) is 11.7 Å². The zero-order valence-electron chi connectivity index (χ0n) is 14.0. The van der Waals surface area contributed by atoms with Crippen LogP contribution in [-0.4, -0.2) is 47.4 Å². The summed E-state index contributed by atoms with van der Waals surface area (Å²) >= 11 is 0. The van der Waals surface area contributed by atoms with Crippen LogP contribution >= 0.6 is 0 Å². The lowest BCUT2D eigenvalue weighted by Crippen LogP contribution is -2.39. The molecule has 0 atom stereocenters. The second-order valence-corrected chi connectivity index (χ2v) is 8.78. The molecule has 1 aliphatic rings. The normalized spacial score (nSPS) is 18.3. The van der Waals surface area contributed by atoms with Gasteiger partial charge in [0.2, 0.25) is 11.8 Å². The first-order valence-corrected chi connectivity index (χ1v) is 9.93. The number of nitrogens with zero attached hydrogens (tertiary/aromatic N) is 3. The van der Waals surface area contributed by atoms with E-state index in [-0.39, 0.29) is 23.3 Å². The average Bonchev–Trinajstić information content (AvgIpc) is 2.90. The summed E-state index contributed by atoms with van der Waals surface area (Å²) in [4.78, 5) is 18.6. The summed E-state index contributed by atoms with van der Waals surface area (Å²) in [5.74, 6) is 1.47. The SMILES string of the molecule is CCN(Cc1noc(CC(C)C)n1)C(=O)C1CCS(=O)(=O)CC1. The van der Waals surface area contributed by atoms with Gasteiger partial charge in [0.1, 0.15) is 9.84 Å². The van der Waals surface area contributed by atoms with Gasteiger partial charge in [-0.3, -0.25) is 4.79 Å². The molecule has 0 bridgehead atoms. The van der Waals surface area contributed by atoms with Crippen LogP contribution in [0.2, 0.25) is 0 Å². The van der Waals surface area contributed by atoms with Gasteiger partial charge >= 0.3 is 0 Å². The van der Waals surface area contributed by atoms with Gasteiger partial charge in [-0.15, -0.1) is 0 Å². The number of hydrogen-bond donors (Lipinski definition) is 0. The molecular weight excluding hydrogens is 318 g/mol. The standard InChI is InChI=1S/C15H25N3O4S/c1-4-18(10-13-16-14(22-17-13)9-11(2)3)15(19)12-5-7-23(20,21)8-6-12/h11-12H,4-10H2,1-3H3. The number of rotatable bonds is 6. The number of carbonyl (C=O) groups excluding carboxylic acids is 1. The van der Waals surface area contributed by atoms with Crippen molar-refractivity contribution in [1.82, 2.24) is 15.0 Å². The molecule has 0 saturated carbocycles. The summed E-state index contributed by atoms with van der Waals surface area (Å²) in [6.07, 6.45) is 1.53. The third-order valence-electron chi connectivity index (χ3n) is 4.02. The molecule has 1 amide bonds. The van der Waals surface area contributed by atoms with Crippen LogP contribution in [0.3, 0.4) is 0 Å². The molecule has 0 radical (unpaired) electrons. The second kappa shape index (κ2) is 7.42.